The van der Waals surface area contributed by atoms with Crippen LogP contribution in [0, 0.1) is 0 Å². The third-order valence-electron chi connectivity index (χ3n) is 3.04. The normalized spacial score (nSPS) is 11.7. The van der Waals surface area contributed by atoms with Crippen LogP contribution >= 0.6 is 11.8 Å². The minimum absolute atomic E-state index is 1.05. The number of hydrogen-bond donors (Lipinski definition) is 0. The Hall–Kier alpha value is -0.890. The van der Waals surface area contributed by atoms with E-state index in [9.17, 15) is 0 Å². The SMILES string of the molecule is C=C(C)/C(CCCC)=C(/C)N(C)C(=C)SC=C(C)C. The molecular formula is C17H29NS. The fraction of sp³-hybridized carbons (Fsp3) is 0.529. The molecule has 0 aromatic carbocycles. The Kier molecular flexibility index (Phi) is 8.66. The number of hydrogen-bond acceptors (Lipinski definition) is 2. The van der Waals surface area contributed by atoms with Gasteiger partial charge in [-0.25, -0.2) is 0 Å². The summed E-state index contributed by atoms with van der Waals surface area (Å²) in [6.07, 6.45) is 3.52. The third-order valence-corrected chi connectivity index (χ3v) is 4.18. The third kappa shape index (κ3) is 6.72. The quantitative estimate of drug-likeness (QED) is 0.495. The average molecular weight is 279 g/mol. The Morgan fingerprint density at radius 3 is 2.16 bits per heavy atom. The standard InChI is InChI=1S/C17H29NS/c1-9-10-11-17(14(4)5)15(6)18(8)16(7)19-12-13(2)3/h12H,4,7,9-11H2,1-3,5-6,8H3/b17-15-. The van der Waals surface area contributed by atoms with Gasteiger partial charge in [-0.2, -0.15) is 0 Å². The smallest absolute Gasteiger partial charge is 0.0716 e. The Morgan fingerprint density at radius 2 is 1.74 bits per heavy atom. The van der Waals surface area contributed by atoms with Crippen LogP contribution in [0.5, 0.6) is 0 Å². The number of unbranched alkanes of at least 4 members (excludes halogenated alkanes) is 1. The summed E-state index contributed by atoms with van der Waals surface area (Å²) in [5.74, 6) is 0. The first kappa shape index (κ1) is 18.1. The first-order valence-corrected chi connectivity index (χ1v) is 7.77. The van der Waals surface area contributed by atoms with Crippen molar-refractivity contribution in [2.45, 2.75) is 53.9 Å². The van der Waals surface area contributed by atoms with Gasteiger partial charge in [0.1, 0.15) is 0 Å². The molecule has 0 amide bonds. The summed E-state index contributed by atoms with van der Waals surface area (Å²) in [5.41, 5.74) is 5.09. The summed E-state index contributed by atoms with van der Waals surface area (Å²) in [4.78, 5) is 2.17. The van der Waals surface area contributed by atoms with Gasteiger partial charge >= 0.3 is 0 Å². The molecule has 0 bridgehead atoms. The van der Waals surface area contributed by atoms with E-state index >= 15 is 0 Å². The maximum Gasteiger partial charge on any atom is 0.0716 e. The van der Waals surface area contributed by atoms with Gasteiger partial charge in [0, 0.05) is 12.7 Å². The molecule has 0 aromatic heterocycles. The first-order valence-electron chi connectivity index (χ1n) is 6.89. The van der Waals surface area contributed by atoms with Gasteiger partial charge in [-0.1, -0.05) is 49.4 Å². The summed E-state index contributed by atoms with van der Waals surface area (Å²) in [6.45, 7) is 18.9. The summed E-state index contributed by atoms with van der Waals surface area (Å²) < 4.78 is 0. The van der Waals surface area contributed by atoms with Crippen LogP contribution in [0.4, 0.5) is 0 Å². The molecule has 0 aliphatic heterocycles. The van der Waals surface area contributed by atoms with E-state index in [1.807, 2.05) is 0 Å². The van der Waals surface area contributed by atoms with E-state index in [-0.39, 0.29) is 0 Å². The molecule has 108 valence electrons. The van der Waals surface area contributed by atoms with Crippen LogP contribution in [0.3, 0.4) is 0 Å². The lowest BCUT2D eigenvalue weighted by molar-refractivity contribution is 0.546. The lowest BCUT2D eigenvalue weighted by atomic mass is 10.0. The van der Waals surface area contributed by atoms with Gasteiger partial charge in [-0.05, 0) is 51.5 Å². The lowest BCUT2D eigenvalue weighted by Gasteiger charge is -2.25. The van der Waals surface area contributed by atoms with Crippen LogP contribution < -0.4 is 0 Å². The molecule has 0 aliphatic carbocycles. The van der Waals surface area contributed by atoms with Gasteiger partial charge < -0.3 is 4.90 Å². The topological polar surface area (TPSA) is 3.24 Å². The van der Waals surface area contributed by atoms with E-state index < -0.39 is 0 Å². The molecule has 0 radical (unpaired) electrons. The molecule has 0 heterocycles. The van der Waals surface area contributed by atoms with Crippen molar-refractivity contribution < 1.29 is 0 Å². The van der Waals surface area contributed by atoms with Crippen molar-refractivity contribution in [3.05, 3.63) is 46.0 Å². The zero-order valence-corrected chi connectivity index (χ0v) is 14.3. The molecule has 0 N–H and O–H groups in total. The molecule has 0 spiro atoms. The summed E-state index contributed by atoms with van der Waals surface area (Å²) in [7, 11) is 2.08. The highest BCUT2D eigenvalue weighted by atomic mass is 32.2. The summed E-state index contributed by atoms with van der Waals surface area (Å²) in [5, 5.41) is 3.19. The van der Waals surface area contributed by atoms with Crippen molar-refractivity contribution in [2.75, 3.05) is 7.05 Å². The van der Waals surface area contributed by atoms with Crippen molar-refractivity contribution in [1.82, 2.24) is 4.90 Å². The fourth-order valence-electron chi connectivity index (χ4n) is 1.71. The lowest BCUT2D eigenvalue weighted by Crippen LogP contribution is -2.15. The van der Waals surface area contributed by atoms with E-state index in [0.29, 0.717) is 0 Å². The summed E-state index contributed by atoms with van der Waals surface area (Å²) >= 11 is 1.68. The maximum absolute atomic E-state index is 4.15. The van der Waals surface area contributed by atoms with Gasteiger partial charge in [0.25, 0.3) is 0 Å². The molecule has 0 aromatic rings. The second kappa shape index (κ2) is 9.08. The van der Waals surface area contributed by atoms with Gasteiger partial charge in [0.05, 0.1) is 5.03 Å². The van der Waals surface area contributed by atoms with Crippen LogP contribution in [0.15, 0.2) is 46.0 Å². The average Bonchev–Trinajstić information content (AvgIpc) is 2.34. The minimum Gasteiger partial charge on any atom is -0.343 e. The van der Waals surface area contributed by atoms with Crippen LogP contribution in [-0.4, -0.2) is 11.9 Å². The highest BCUT2D eigenvalue weighted by molar-refractivity contribution is 8.05. The highest BCUT2D eigenvalue weighted by Crippen LogP contribution is 2.28. The Labute approximate surface area is 124 Å². The zero-order valence-electron chi connectivity index (χ0n) is 13.5. The molecule has 0 saturated carbocycles. The molecule has 0 saturated heterocycles. The predicted octanol–water partition coefficient (Wildman–Crippen LogP) is 6.09. The maximum atomic E-state index is 4.15. The van der Waals surface area contributed by atoms with Crippen LogP contribution in [0.2, 0.25) is 0 Å². The molecule has 0 unspecified atom stereocenters. The second-order valence-corrected chi connectivity index (χ2v) is 6.16. The van der Waals surface area contributed by atoms with Crippen molar-refractivity contribution in [1.29, 1.82) is 0 Å². The predicted molar refractivity (Wildman–Crippen MR) is 91.0 cm³/mol. The minimum atomic E-state index is 1.05. The van der Waals surface area contributed by atoms with E-state index in [4.69, 9.17) is 0 Å². The van der Waals surface area contributed by atoms with E-state index in [1.165, 1.54) is 29.7 Å². The number of thioether (sulfide) groups is 1. The second-order valence-electron chi connectivity index (χ2n) is 5.21. The molecule has 19 heavy (non-hydrogen) atoms. The largest absolute Gasteiger partial charge is 0.343 e. The van der Waals surface area contributed by atoms with Crippen LogP contribution in [0.1, 0.15) is 53.9 Å². The van der Waals surface area contributed by atoms with Gasteiger partial charge in [-0.15, -0.1) is 0 Å². The Morgan fingerprint density at radius 1 is 1.16 bits per heavy atom. The van der Waals surface area contributed by atoms with Crippen molar-refractivity contribution >= 4 is 11.8 Å². The van der Waals surface area contributed by atoms with Crippen molar-refractivity contribution in [2.24, 2.45) is 0 Å². The first-order chi connectivity index (χ1) is 8.81. The summed E-state index contributed by atoms with van der Waals surface area (Å²) in [6, 6.07) is 0. The van der Waals surface area contributed by atoms with Gasteiger partial charge in [-0.3, -0.25) is 0 Å². The Bertz CT molecular complexity index is 384. The van der Waals surface area contributed by atoms with Crippen molar-refractivity contribution in [3.63, 3.8) is 0 Å². The molecule has 0 atom stereocenters. The van der Waals surface area contributed by atoms with Crippen LogP contribution in [-0.2, 0) is 0 Å². The molecule has 1 nitrogen and oxygen atoms in total. The number of rotatable bonds is 8. The molecule has 0 fully saturated rings. The molecule has 0 rings (SSSR count). The molecule has 2 heteroatoms. The fourth-order valence-corrected chi connectivity index (χ4v) is 2.38. The van der Waals surface area contributed by atoms with Crippen molar-refractivity contribution in [3.8, 4) is 0 Å². The van der Waals surface area contributed by atoms with E-state index in [2.05, 4.69) is 65.1 Å². The molecule has 0 aliphatic rings. The monoisotopic (exact) mass is 279 g/mol. The van der Waals surface area contributed by atoms with Gasteiger partial charge in [0.2, 0.25) is 0 Å². The number of allylic oxidation sites excluding steroid dienone is 4. The van der Waals surface area contributed by atoms with E-state index in [0.717, 1.165) is 17.0 Å². The number of nitrogens with zero attached hydrogens (tertiary/aromatic N) is 1. The zero-order chi connectivity index (χ0) is 15.0. The Balaban J connectivity index is 4.99. The van der Waals surface area contributed by atoms with Gasteiger partial charge in [0.15, 0.2) is 0 Å². The van der Waals surface area contributed by atoms with E-state index in [1.54, 1.807) is 11.8 Å². The highest BCUT2D eigenvalue weighted by Gasteiger charge is 2.10. The molecular weight excluding hydrogens is 250 g/mol. The van der Waals surface area contributed by atoms with Crippen LogP contribution in [0.25, 0.3) is 0 Å².